The van der Waals surface area contributed by atoms with Gasteiger partial charge in [0.05, 0.1) is 0 Å². The summed E-state index contributed by atoms with van der Waals surface area (Å²) in [4.78, 5) is 50.1. The summed E-state index contributed by atoms with van der Waals surface area (Å²) in [5, 5.41) is 11.9. The average molecular weight is 599 g/mol. The van der Waals surface area contributed by atoms with E-state index in [2.05, 4.69) is 40.2 Å². The number of rotatable bonds is 10. The number of hydrogen-bond acceptors (Lipinski definition) is 6. The second-order valence-electron chi connectivity index (χ2n) is 12.1. The molecule has 5 rings (SSSR count). The van der Waals surface area contributed by atoms with E-state index in [9.17, 15) is 19.5 Å². The first kappa shape index (κ1) is 31.0. The Labute approximate surface area is 258 Å². The number of phenolic OH excluding ortho intramolecular Hbond substituents is 1. The van der Waals surface area contributed by atoms with Crippen LogP contribution < -0.4 is 11.5 Å². The number of ketones is 1. The van der Waals surface area contributed by atoms with E-state index in [1.807, 2.05) is 24.0 Å². The zero-order chi connectivity index (χ0) is 31.6. The van der Waals surface area contributed by atoms with Gasteiger partial charge in [0.25, 0.3) is 0 Å². The van der Waals surface area contributed by atoms with Crippen LogP contribution in [0, 0.1) is 0 Å². The minimum absolute atomic E-state index is 0.0282. The van der Waals surface area contributed by atoms with Crippen molar-refractivity contribution in [2.45, 2.75) is 76.8 Å². The summed E-state index contributed by atoms with van der Waals surface area (Å²) < 4.78 is 0. The number of aromatic hydroxyl groups is 1. The van der Waals surface area contributed by atoms with Gasteiger partial charge in [-0.2, -0.15) is 0 Å². The van der Waals surface area contributed by atoms with Gasteiger partial charge < -0.3 is 26.4 Å². The maximum atomic E-state index is 14.0. The summed E-state index contributed by atoms with van der Waals surface area (Å²) in [7, 11) is 0. The van der Waals surface area contributed by atoms with Gasteiger partial charge >= 0.3 is 0 Å². The van der Waals surface area contributed by atoms with E-state index in [4.69, 9.17) is 11.5 Å². The van der Waals surface area contributed by atoms with Gasteiger partial charge in [-0.05, 0) is 66.3 Å². The number of amides is 2. The summed E-state index contributed by atoms with van der Waals surface area (Å²) in [5.41, 5.74) is 11.8. The van der Waals surface area contributed by atoms with Crippen molar-refractivity contribution in [3.63, 3.8) is 0 Å². The zero-order valence-corrected chi connectivity index (χ0v) is 25.6. The van der Waals surface area contributed by atoms with Crippen LogP contribution in [0.5, 0.6) is 5.75 Å². The van der Waals surface area contributed by atoms with E-state index >= 15 is 0 Å². The SMILES string of the molecule is CC(=O)N(Cc1ccc2ccccc2c1)C1C[C@H](CCCN=C(N)N)N(C2(C)C(=O)[C@H](Cc3ccc(O)cc3)N2C(C)=O)C1. The molecule has 2 aliphatic rings. The Bertz CT molecular complexity index is 1570. The Morgan fingerprint density at radius 3 is 2.36 bits per heavy atom. The number of carbonyl (C=O) groups is 3. The molecule has 2 amide bonds. The van der Waals surface area contributed by atoms with E-state index in [0.717, 1.165) is 21.9 Å². The Morgan fingerprint density at radius 2 is 1.70 bits per heavy atom. The molecule has 0 saturated carbocycles. The molecule has 232 valence electrons. The van der Waals surface area contributed by atoms with Crippen molar-refractivity contribution in [1.29, 1.82) is 0 Å². The van der Waals surface area contributed by atoms with Gasteiger partial charge in [0.2, 0.25) is 11.8 Å². The largest absolute Gasteiger partial charge is 0.508 e. The van der Waals surface area contributed by atoms with Crippen molar-refractivity contribution in [3.05, 3.63) is 77.9 Å². The topological polar surface area (TPSA) is 146 Å². The number of guanidine groups is 1. The fraction of sp³-hybridized carbons (Fsp3) is 0.412. The highest BCUT2D eigenvalue weighted by Gasteiger charge is 2.64. The average Bonchev–Trinajstić information content (AvgIpc) is 3.41. The van der Waals surface area contributed by atoms with Crippen LogP contribution in [0.25, 0.3) is 10.8 Å². The lowest BCUT2D eigenvalue weighted by molar-refractivity contribution is -0.192. The molecule has 2 unspecified atom stereocenters. The van der Waals surface area contributed by atoms with Crippen molar-refractivity contribution in [2.24, 2.45) is 16.5 Å². The molecular formula is C34H42N6O4. The van der Waals surface area contributed by atoms with E-state index < -0.39 is 11.7 Å². The highest BCUT2D eigenvalue weighted by Crippen LogP contribution is 2.43. The van der Waals surface area contributed by atoms with Crippen molar-refractivity contribution in [3.8, 4) is 5.75 Å². The smallest absolute Gasteiger partial charge is 0.221 e. The lowest BCUT2D eigenvalue weighted by Gasteiger charge is -2.59. The molecule has 3 aromatic carbocycles. The van der Waals surface area contributed by atoms with E-state index in [-0.39, 0.29) is 41.4 Å². The summed E-state index contributed by atoms with van der Waals surface area (Å²) in [6, 6.07) is 20.3. The Balaban J connectivity index is 1.41. The first-order chi connectivity index (χ1) is 21.0. The van der Waals surface area contributed by atoms with E-state index in [1.54, 1.807) is 36.1 Å². The number of likely N-dealkylation sites (tertiary alicyclic amines) is 2. The molecule has 3 aromatic rings. The Kier molecular flexibility index (Phi) is 8.92. The monoisotopic (exact) mass is 598 g/mol. The molecule has 5 N–H and O–H groups in total. The summed E-state index contributed by atoms with van der Waals surface area (Å²) >= 11 is 0. The summed E-state index contributed by atoms with van der Waals surface area (Å²) in [6.45, 7) is 6.27. The Hall–Kier alpha value is -4.44. The number of aliphatic imine (C=N–C) groups is 1. The number of hydrogen-bond donors (Lipinski definition) is 3. The molecule has 0 bridgehead atoms. The molecular weight excluding hydrogens is 556 g/mol. The van der Waals surface area contributed by atoms with Gasteiger partial charge in [-0.3, -0.25) is 24.3 Å². The van der Waals surface area contributed by atoms with E-state index in [1.165, 1.54) is 6.92 Å². The predicted molar refractivity (Wildman–Crippen MR) is 171 cm³/mol. The third-order valence-electron chi connectivity index (χ3n) is 9.21. The second-order valence-corrected chi connectivity index (χ2v) is 12.1. The van der Waals surface area contributed by atoms with Crippen LogP contribution >= 0.6 is 0 Å². The third-order valence-corrected chi connectivity index (χ3v) is 9.21. The van der Waals surface area contributed by atoms with Crippen molar-refractivity contribution >= 4 is 34.3 Å². The number of Topliss-reactive ketones (excluding diaryl/α,β-unsaturated/α-hetero) is 1. The molecule has 10 heteroatoms. The first-order valence-electron chi connectivity index (χ1n) is 15.2. The van der Waals surface area contributed by atoms with Gasteiger partial charge in [0.1, 0.15) is 11.8 Å². The van der Waals surface area contributed by atoms with Crippen LogP contribution in [0.2, 0.25) is 0 Å². The molecule has 10 nitrogen and oxygen atoms in total. The normalized spacial score (nSPS) is 23.4. The molecule has 2 aliphatic heterocycles. The fourth-order valence-electron chi connectivity index (χ4n) is 7.13. The second kappa shape index (κ2) is 12.7. The highest BCUT2D eigenvalue weighted by atomic mass is 16.3. The number of nitrogens with zero attached hydrogens (tertiary/aromatic N) is 4. The minimum Gasteiger partial charge on any atom is -0.508 e. The molecule has 44 heavy (non-hydrogen) atoms. The Morgan fingerprint density at radius 1 is 1.02 bits per heavy atom. The third kappa shape index (κ3) is 6.12. The maximum absolute atomic E-state index is 14.0. The number of carbonyl (C=O) groups excluding carboxylic acids is 3. The minimum atomic E-state index is -1.14. The molecule has 0 aromatic heterocycles. The lowest BCUT2D eigenvalue weighted by atomic mass is 9.80. The summed E-state index contributed by atoms with van der Waals surface area (Å²) in [5.74, 6) is -0.0710. The van der Waals surface area contributed by atoms with Gasteiger partial charge in [-0.25, -0.2) is 0 Å². The number of nitrogens with two attached hydrogens (primary N) is 2. The lowest BCUT2D eigenvalue weighted by Crippen LogP contribution is -2.81. The standard InChI is InChI=1S/C34H42N6O4/c1-22(41)38(20-25-10-13-26-7-4-5-8-27(26)17-25)29-19-28(9-6-16-37-33(35)36)39(21-29)34(3)32(44)31(40(34)23(2)42)18-24-11-14-30(43)15-12-24/h4-5,7-8,10-15,17,28-29,31,43H,6,9,16,18-21H2,1-3H3,(H4,35,36,37)/t28-,29?,31-,34?/m0/s1. The quantitative estimate of drug-likeness (QED) is 0.185. The van der Waals surface area contributed by atoms with Crippen molar-refractivity contribution in [1.82, 2.24) is 14.7 Å². The molecule has 2 fully saturated rings. The number of fused-ring (bicyclic) bond motifs is 1. The molecule has 2 saturated heterocycles. The first-order valence-corrected chi connectivity index (χ1v) is 15.2. The molecule has 0 spiro atoms. The van der Waals surface area contributed by atoms with Crippen LogP contribution in [-0.4, -0.2) is 80.2 Å². The van der Waals surface area contributed by atoms with E-state index in [0.29, 0.717) is 45.3 Å². The van der Waals surface area contributed by atoms with Crippen LogP contribution in [0.15, 0.2) is 71.7 Å². The highest BCUT2D eigenvalue weighted by molar-refractivity contribution is 6.04. The zero-order valence-electron chi connectivity index (χ0n) is 25.6. The van der Waals surface area contributed by atoms with Gasteiger partial charge in [-0.15, -0.1) is 0 Å². The van der Waals surface area contributed by atoms with Gasteiger partial charge in [0, 0.05) is 52.0 Å². The molecule has 2 heterocycles. The van der Waals surface area contributed by atoms with Crippen LogP contribution in [0.3, 0.4) is 0 Å². The van der Waals surface area contributed by atoms with Gasteiger partial charge in [-0.1, -0.05) is 48.5 Å². The molecule has 4 atom stereocenters. The van der Waals surface area contributed by atoms with Crippen molar-refractivity contribution in [2.75, 3.05) is 13.1 Å². The number of phenols is 1. The van der Waals surface area contributed by atoms with Crippen molar-refractivity contribution < 1.29 is 19.5 Å². The fourth-order valence-corrected chi connectivity index (χ4v) is 7.13. The van der Waals surface area contributed by atoms with Gasteiger partial charge in [0.15, 0.2) is 17.4 Å². The molecule has 0 aliphatic carbocycles. The number of benzene rings is 3. The van der Waals surface area contributed by atoms with Crippen LogP contribution in [0.4, 0.5) is 0 Å². The maximum Gasteiger partial charge on any atom is 0.221 e. The molecule has 0 radical (unpaired) electrons. The van der Waals surface area contributed by atoms with Crippen LogP contribution in [0.1, 0.15) is 51.2 Å². The predicted octanol–water partition coefficient (Wildman–Crippen LogP) is 3.15. The summed E-state index contributed by atoms with van der Waals surface area (Å²) in [6.07, 6.45) is 2.42. The van der Waals surface area contributed by atoms with Crippen LogP contribution in [-0.2, 0) is 27.3 Å².